The van der Waals surface area contributed by atoms with Crippen LogP contribution in [-0.2, 0) is 0 Å². The van der Waals surface area contributed by atoms with Crippen LogP contribution in [-0.4, -0.2) is 23.9 Å². The van der Waals surface area contributed by atoms with Gasteiger partial charge in [0.1, 0.15) is 0 Å². The fraction of sp³-hybridized carbons (Fsp3) is 0.250. The number of carbonyl (C=O) groups excluding carboxylic acids is 1. The molecule has 0 aliphatic rings. The van der Waals surface area contributed by atoms with Gasteiger partial charge >= 0.3 is 0 Å². The van der Waals surface area contributed by atoms with Crippen LogP contribution in [0.2, 0.25) is 10.0 Å². The molecule has 1 rings (SSSR count). The highest BCUT2D eigenvalue weighted by atomic mass is 35.5. The molecule has 0 spiro atoms. The zero-order valence-electron chi connectivity index (χ0n) is 8.84. The van der Waals surface area contributed by atoms with Gasteiger partial charge < -0.3 is 4.90 Å². The molecule has 0 N–H and O–H groups in total. The van der Waals surface area contributed by atoms with E-state index in [1.807, 2.05) is 6.92 Å². The van der Waals surface area contributed by atoms with E-state index in [-0.39, 0.29) is 12.5 Å². The molecule has 16 heavy (non-hydrogen) atoms. The van der Waals surface area contributed by atoms with Crippen LogP contribution >= 0.6 is 23.2 Å². The number of halogens is 2. The van der Waals surface area contributed by atoms with Crippen LogP contribution in [0.4, 0.5) is 0 Å². The van der Waals surface area contributed by atoms with Crippen molar-refractivity contribution >= 4 is 29.1 Å². The standard InChI is InChI=1S/C12H11Cl2NO/c1-3-8-15(4-2)12(16)11-9(13)6-5-7-10(11)14/h1,5-7H,4,8H2,2H3. The Hall–Kier alpha value is -1.17. The Balaban J connectivity index is 3.09. The van der Waals surface area contributed by atoms with Crippen LogP contribution in [0.25, 0.3) is 0 Å². The van der Waals surface area contributed by atoms with Crippen LogP contribution in [0.1, 0.15) is 17.3 Å². The summed E-state index contributed by atoms with van der Waals surface area (Å²) in [7, 11) is 0. The quantitative estimate of drug-likeness (QED) is 0.761. The molecule has 0 aliphatic heterocycles. The highest BCUT2D eigenvalue weighted by Crippen LogP contribution is 2.25. The minimum Gasteiger partial charge on any atom is -0.328 e. The predicted octanol–water partition coefficient (Wildman–Crippen LogP) is 3.09. The minimum absolute atomic E-state index is 0.240. The van der Waals surface area contributed by atoms with Crippen molar-refractivity contribution in [2.75, 3.05) is 13.1 Å². The molecular weight excluding hydrogens is 245 g/mol. The molecule has 1 aromatic carbocycles. The topological polar surface area (TPSA) is 20.3 Å². The van der Waals surface area contributed by atoms with Gasteiger partial charge in [0.2, 0.25) is 0 Å². The Morgan fingerprint density at radius 1 is 1.44 bits per heavy atom. The lowest BCUT2D eigenvalue weighted by atomic mass is 10.2. The molecule has 0 fully saturated rings. The Morgan fingerprint density at radius 2 is 2.00 bits per heavy atom. The molecule has 0 saturated heterocycles. The van der Waals surface area contributed by atoms with Gasteiger partial charge in [-0.15, -0.1) is 6.42 Å². The molecule has 0 aliphatic carbocycles. The summed E-state index contributed by atoms with van der Waals surface area (Å²) in [5, 5.41) is 0.681. The number of hydrogen-bond donors (Lipinski definition) is 0. The first-order valence-corrected chi connectivity index (χ1v) is 5.54. The Bertz CT molecular complexity index is 417. The second-order valence-electron chi connectivity index (χ2n) is 3.12. The van der Waals surface area contributed by atoms with Gasteiger partial charge in [0.25, 0.3) is 5.91 Å². The van der Waals surface area contributed by atoms with Gasteiger partial charge in [-0.1, -0.05) is 35.2 Å². The lowest BCUT2D eigenvalue weighted by molar-refractivity contribution is 0.0785. The first kappa shape index (κ1) is 12.9. The summed E-state index contributed by atoms with van der Waals surface area (Å²) >= 11 is 11.9. The molecular formula is C12H11Cl2NO. The van der Waals surface area contributed by atoms with Gasteiger partial charge in [0.05, 0.1) is 22.2 Å². The highest BCUT2D eigenvalue weighted by molar-refractivity contribution is 6.39. The molecule has 0 heterocycles. The van der Waals surface area contributed by atoms with Gasteiger partial charge in [-0.3, -0.25) is 4.79 Å². The first-order chi connectivity index (χ1) is 7.61. The maximum Gasteiger partial charge on any atom is 0.257 e. The van der Waals surface area contributed by atoms with Gasteiger partial charge in [-0.25, -0.2) is 0 Å². The molecule has 0 bridgehead atoms. The lowest BCUT2D eigenvalue weighted by Gasteiger charge is -2.19. The Morgan fingerprint density at radius 3 is 2.44 bits per heavy atom. The molecule has 84 valence electrons. The zero-order valence-corrected chi connectivity index (χ0v) is 10.3. The number of benzene rings is 1. The summed E-state index contributed by atoms with van der Waals surface area (Å²) in [6.07, 6.45) is 5.19. The summed E-state index contributed by atoms with van der Waals surface area (Å²) in [4.78, 5) is 13.6. The second-order valence-corrected chi connectivity index (χ2v) is 3.93. The average molecular weight is 256 g/mol. The molecule has 0 radical (unpaired) electrons. The average Bonchev–Trinajstić information content (AvgIpc) is 2.25. The first-order valence-electron chi connectivity index (χ1n) is 4.78. The summed E-state index contributed by atoms with van der Waals surface area (Å²) in [5.74, 6) is 2.19. The fourth-order valence-electron chi connectivity index (χ4n) is 1.30. The van der Waals surface area contributed by atoms with Crippen molar-refractivity contribution in [3.05, 3.63) is 33.8 Å². The van der Waals surface area contributed by atoms with Crippen molar-refractivity contribution < 1.29 is 4.79 Å². The SMILES string of the molecule is C#CCN(CC)C(=O)c1c(Cl)cccc1Cl. The van der Waals surface area contributed by atoms with Gasteiger partial charge in [-0.05, 0) is 19.1 Å². The number of terminal acetylenes is 1. The highest BCUT2D eigenvalue weighted by Gasteiger charge is 2.19. The Labute approximate surface area is 105 Å². The summed E-state index contributed by atoms with van der Waals surface area (Å²) in [6.45, 7) is 2.61. The van der Waals surface area contributed by atoms with E-state index in [1.54, 1.807) is 18.2 Å². The third-order valence-corrected chi connectivity index (χ3v) is 2.76. The number of hydrogen-bond acceptors (Lipinski definition) is 1. The van der Waals surface area contributed by atoms with E-state index in [2.05, 4.69) is 5.92 Å². The largest absolute Gasteiger partial charge is 0.328 e. The van der Waals surface area contributed by atoms with Crippen LogP contribution in [0.5, 0.6) is 0 Å². The monoisotopic (exact) mass is 255 g/mol. The van der Waals surface area contributed by atoms with E-state index in [9.17, 15) is 4.79 Å². The van der Waals surface area contributed by atoms with E-state index in [1.165, 1.54) is 4.90 Å². The van der Waals surface area contributed by atoms with Crippen molar-refractivity contribution in [1.29, 1.82) is 0 Å². The molecule has 4 heteroatoms. The van der Waals surface area contributed by atoms with Gasteiger partial charge in [-0.2, -0.15) is 0 Å². The number of nitrogens with zero attached hydrogens (tertiary/aromatic N) is 1. The van der Waals surface area contributed by atoms with E-state index < -0.39 is 0 Å². The van der Waals surface area contributed by atoms with Crippen LogP contribution in [0, 0.1) is 12.3 Å². The lowest BCUT2D eigenvalue weighted by Crippen LogP contribution is -2.31. The third-order valence-electron chi connectivity index (χ3n) is 2.13. The molecule has 1 amide bonds. The fourth-order valence-corrected chi connectivity index (χ4v) is 1.86. The maximum absolute atomic E-state index is 12.1. The summed E-state index contributed by atoms with van der Waals surface area (Å²) in [5.41, 5.74) is 0.308. The van der Waals surface area contributed by atoms with E-state index in [0.717, 1.165) is 0 Å². The van der Waals surface area contributed by atoms with Crippen LogP contribution in [0.15, 0.2) is 18.2 Å². The molecule has 0 saturated carbocycles. The zero-order chi connectivity index (χ0) is 12.1. The summed E-state index contributed by atoms with van der Waals surface area (Å²) in [6, 6.07) is 4.95. The molecule has 2 nitrogen and oxygen atoms in total. The smallest absolute Gasteiger partial charge is 0.257 e. The van der Waals surface area contributed by atoms with Crippen LogP contribution < -0.4 is 0 Å². The van der Waals surface area contributed by atoms with Crippen molar-refractivity contribution in [1.82, 2.24) is 4.90 Å². The molecule has 0 aromatic heterocycles. The molecule has 0 atom stereocenters. The van der Waals surface area contributed by atoms with E-state index in [0.29, 0.717) is 22.2 Å². The Kier molecular flexibility index (Phi) is 4.67. The van der Waals surface area contributed by atoms with Crippen LogP contribution in [0.3, 0.4) is 0 Å². The minimum atomic E-state index is -0.240. The number of rotatable bonds is 3. The molecule has 1 aromatic rings. The van der Waals surface area contributed by atoms with E-state index >= 15 is 0 Å². The second kappa shape index (κ2) is 5.79. The maximum atomic E-state index is 12.1. The van der Waals surface area contributed by atoms with E-state index in [4.69, 9.17) is 29.6 Å². The van der Waals surface area contributed by atoms with Crippen molar-refractivity contribution in [2.45, 2.75) is 6.92 Å². The van der Waals surface area contributed by atoms with Crippen molar-refractivity contribution in [2.24, 2.45) is 0 Å². The number of carbonyl (C=O) groups is 1. The summed E-state index contributed by atoms with van der Waals surface area (Å²) < 4.78 is 0. The van der Waals surface area contributed by atoms with Crippen molar-refractivity contribution in [3.63, 3.8) is 0 Å². The molecule has 0 unspecified atom stereocenters. The third kappa shape index (κ3) is 2.69. The normalized spacial score (nSPS) is 9.62. The van der Waals surface area contributed by atoms with Gasteiger partial charge in [0, 0.05) is 6.54 Å². The number of amides is 1. The van der Waals surface area contributed by atoms with Crippen molar-refractivity contribution in [3.8, 4) is 12.3 Å². The predicted molar refractivity (Wildman–Crippen MR) is 66.9 cm³/mol. The van der Waals surface area contributed by atoms with Gasteiger partial charge in [0.15, 0.2) is 0 Å².